The molecule has 0 spiro atoms. The van der Waals surface area contributed by atoms with Gasteiger partial charge in [-0.25, -0.2) is 0 Å². The quantitative estimate of drug-likeness (QED) is 0.716. The SMILES string of the molecule is COc1ccc2coc(C(=O)Cl)c2c1. The number of halogens is 1. The van der Waals surface area contributed by atoms with Gasteiger partial charge in [-0.2, -0.15) is 0 Å². The Labute approximate surface area is 85.2 Å². The van der Waals surface area contributed by atoms with Crippen LogP contribution in [0.25, 0.3) is 10.8 Å². The summed E-state index contributed by atoms with van der Waals surface area (Å²) in [5.74, 6) is 0.818. The molecule has 0 unspecified atom stereocenters. The van der Waals surface area contributed by atoms with Crippen molar-refractivity contribution in [2.24, 2.45) is 0 Å². The van der Waals surface area contributed by atoms with Gasteiger partial charge in [-0.05, 0) is 29.8 Å². The molecule has 72 valence electrons. The molecule has 0 aliphatic heterocycles. The van der Waals surface area contributed by atoms with Gasteiger partial charge in [0.1, 0.15) is 5.75 Å². The molecular weight excluding hydrogens is 204 g/mol. The van der Waals surface area contributed by atoms with E-state index in [0.717, 1.165) is 5.39 Å². The standard InChI is InChI=1S/C10H7ClO3/c1-13-7-3-2-6-5-14-9(10(11)12)8(6)4-7/h2-5H,1H3. The van der Waals surface area contributed by atoms with E-state index in [9.17, 15) is 4.79 Å². The van der Waals surface area contributed by atoms with Gasteiger partial charge in [-0.3, -0.25) is 4.79 Å². The van der Waals surface area contributed by atoms with Gasteiger partial charge in [0.2, 0.25) is 0 Å². The minimum atomic E-state index is -0.603. The van der Waals surface area contributed by atoms with E-state index in [-0.39, 0.29) is 5.76 Å². The summed E-state index contributed by atoms with van der Waals surface area (Å²) in [7, 11) is 1.56. The lowest BCUT2D eigenvalue weighted by Crippen LogP contribution is -1.86. The molecule has 0 saturated carbocycles. The Morgan fingerprint density at radius 2 is 2.29 bits per heavy atom. The van der Waals surface area contributed by atoms with Crippen LogP contribution in [0, 0.1) is 0 Å². The van der Waals surface area contributed by atoms with Gasteiger partial charge in [-0.1, -0.05) is 0 Å². The lowest BCUT2D eigenvalue weighted by atomic mass is 10.2. The zero-order valence-corrected chi connectivity index (χ0v) is 8.17. The highest BCUT2D eigenvalue weighted by Crippen LogP contribution is 2.26. The Morgan fingerprint density at radius 1 is 1.50 bits per heavy atom. The normalized spacial score (nSPS) is 10.4. The predicted molar refractivity (Wildman–Crippen MR) is 52.9 cm³/mol. The van der Waals surface area contributed by atoms with Crippen LogP contribution in [-0.4, -0.2) is 12.4 Å². The van der Waals surface area contributed by atoms with Crippen LogP contribution >= 0.6 is 11.6 Å². The molecule has 1 aromatic heterocycles. The number of carbonyl (C=O) groups is 1. The molecule has 1 aromatic carbocycles. The van der Waals surface area contributed by atoms with E-state index >= 15 is 0 Å². The van der Waals surface area contributed by atoms with Crippen LogP contribution in [0.15, 0.2) is 28.9 Å². The molecule has 0 atom stereocenters. The third-order valence-electron chi connectivity index (χ3n) is 1.99. The number of ether oxygens (including phenoxy) is 1. The number of fused-ring (bicyclic) bond motifs is 1. The largest absolute Gasteiger partial charge is 0.497 e. The van der Waals surface area contributed by atoms with Gasteiger partial charge in [-0.15, -0.1) is 0 Å². The predicted octanol–water partition coefficient (Wildman–Crippen LogP) is 2.82. The highest BCUT2D eigenvalue weighted by Gasteiger charge is 2.12. The van der Waals surface area contributed by atoms with Gasteiger partial charge in [0.05, 0.1) is 13.4 Å². The summed E-state index contributed by atoms with van der Waals surface area (Å²) in [5, 5.41) is 0.896. The minimum absolute atomic E-state index is 0.153. The fourth-order valence-electron chi connectivity index (χ4n) is 1.30. The van der Waals surface area contributed by atoms with E-state index in [1.807, 2.05) is 0 Å². The molecule has 14 heavy (non-hydrogen) atoms. The number of benzene rings is 1. The monoisotopic (exact) mass is 210 g/mol. The number of furan rings is 1. The average Bonchev–Trinajstić information content (AvgIpc) is 2.59. The summed E-state index contributed by atoms with van der Waals surface area (Å²) in [6.45, 7) is 0. The second-order valence-electron chi connectivity index (χ2n) is 2.79. The van der Waals surface area contributed by atoms with Gasteiger partial charge < -0.3 is 9.15 Å². The summed E-state index contributed by atoms with van der Waals surface area (Å²) >= 11 is 5.35. The number of carbonyl (C=O) groups excluding carboxylic acids is 1. The fraction of sp³-hybridized carbons (Fsp3) is 0.100. The molecule has 0 N–H and O–H groups in total. The maximum absolute atomic E-state index is 11.0. The molecule has 0 aliphatic rings. The number of hydrogen-bond donors (Lipinski definition) is 0. The lowest BCUT2D eigenvalue weighted by Gasteiger charge is -1.98. The van der Waals surface area contributed by atoms with Crippen molar-refractivity contribution in [3.8, 4) is 5.75 Å². The van der Waals surface area contributed by atoms with Crippen molar-refractivity contribution in [1.82, 2.24) is 0 Å². The molecule has 2 aromatic rings. The van der Waals surface area contributed by atoms with Crippen molar-refractivity contribution < 1.29 is 13.9 Å². The second-order valence-corrected chi connectivity index (χ2v) is 3.13. The smallest absolute Gasteiger partial charge is 0.288 e. The minimum Gasteiger partial charge on any atom is -0.497 e. The number of rotatable bonds is 2. The molecule has 0 bridgehead atoms. The summed E-state index contributed by atoms with van der Waals surface area (Å²) < 4.78 is 10.1. The van der Waals surface area contributed by atoms with Crippen LogP contribution in [-0.2, 0) is 0 Å². The third kappa shape index (κ3) is 1.36. The van der Waals surface area contributed by atoms with Crippen LogP contribution in [0.3, 0.4) is 0 Å². The number of methoxy groups -OCH3 is 1. The van der Waals surface area contributed by atoms with Gasteiger partial charge in [0.15, 0.2) is 5.76 Å². The maximum atomic E-state index is 11.0. The summed E-state index contributed by atoms with van der Waals surface area (Å²) in [4.78, 5) is 11.0. The van der Waals surface area contributed by atoms with Crippen molar-refractivity contribution in [2.75, 3.05) is 7.11 Å². The average molecular weight is 211 g/mol. The van der Waals surface area contributed by atoms with Crippen molar-refractivity contribution in [3.05, 3.63) is 30.2 Å². The van der Waals surface area contributed by atoms with Gasteiger partial charge in [0.25, 0.3) is 5.24 Å². The molecule has 1 heterocycles. The summed E-state index contributed by atoms with van der Waals surface area (Å²) in [6, 6.07) is 5.32. The first-order chi connectivity index (χ1) is 6.72. The first-order valence-corrected chi connectivity index (χ1v) is 4.35. The Balaban J connectivity index is 2.69. The van der Waals surface area contributed by atoms with Crippen LogP contribution in [0.2, 0.25) is 0 Å². The topological polar surface area (TPSA) is 39.4 Å². The number of hydrogen-bond acceptors (Lipinski definition) is 3. The van der Waals surface area contributed by atoms with Gasteiger partial charge in [0, 0.05) is 10.8 Å². The molecule has 0 saturated heterocycles. The van der Waals surface area contributed by atoms with Crippen molar-refractivity contribution in [2.45, 2.75) is 0 Å². The molecule has 0 radical (unpaired) electrons. The van der Waals surface area contributed by atoms with E-state index in [0.29, 0.717) is 11.1 Å². The van der Waals surface area contributed by atoms with E-state index in [4.69, 9.17) is 20.8 Å². The second kappa shape index (κ2) is 3.35. The Hall–Kier alpha value is -1.48. The fourth-order valence-corrected chi connectivity index (χ4v) is 1.45. The Bertz CT molecular complexity index is 487. The van der Waals surface area contributed by atoms with E-state index in [1.54, 1.807) is 25.3 Å². The molecule has 3 nitrogen and oxygen atoms in total. The highest BCUT2D eigenvalue weighted by atomic mass is 35.5. The van der Waals surface area contributed by atoms with Crippen LogP contribution in [0.5, 0.6) is 5.75 Å². The first-order valence-electron chi connectivity index (χ1n) is 3.97. The zero-order valence-electron chi connectivity index (χ0n) is 7.41. The van der Waals surface area contributed by atoms with E-state index < -0.39 is 5.24 Å². The Morgan fingerprint density at radius 3 is 2.93 bits per heavy atom. The lowest BCUT2D eigenvalue weighted by molar-refractivity contribution is 0.105. The zero-order chi connectivity index (χ0) is 10.1. The molecule has 2 rings (SSSR count). The molecule has 4 heteroatoms. The first kappa shape index (κ1) is 9.09. The molecule has 0 fully saturated rings. The molecule has 0 aliphatic carbocycles. The van der Waals surface area contributed by atoms with Crippen molar-refractivity contribution in [3.63, 3.8) is 0 Å². The summed E-state index contributed by atoms with van der Waals surface area (Å²) in [5.41, 5.74) is 0. The van der Waals surface area contributed by atoms with Crippen LogP contribution in [0.1, 0.15) is 10.6 Å². The third-order valence-corrected chi connectivity index (χ3v) is 2.16. The van der Waals surface area contributed by atoms with E-state index in [2.05, 4.69) is 0 Å². The summed E-state index contributed by atoms with van der Waals surface area (Å²) in [6.07, 6.45) is 1.49. The highest BCUT2D eigenvalue weighted by molar-refractivity contribution is 6.68. The Kier molecular flexibility index (Phi) is 2.17. The van der Waals surface area contributed by atoms with Crippen molar-refractivity contribution >= 4 is 27.6 Å². The molecule has 0 amide bonds. The van der Waals surface area contributed by atoms with Crippen LogP contribution < -0.4 is 4.74 Å². The molecular formula is C10H7ClO3. The maximum Gasteiger partial charge on any atom is 0.288 e. The van der Waals surface area contributed by atoms with Crippen molar-refractivity contribution in [1.29, 1.82) is 0 Å². The van der Waals surface area contributed by atoms with Crippen LogP contribution in [0.4, 0.5) is 0 Å². The van der Waals surface area contributed by atoms with Gasteiger partial charge >= 0.3 is 0 Å². The van der Waals surface area contributed by atoms with E-state index in [1.165, 1.54) is 6.26 Å².